The quantitative estimate of drug-likeness (QED) is 0.756. The zero-order chi connectivity index (χ0) is 12.3. The fourth-order valence-electron chi connectivity index (χ4n) is 1.86. The van der Waals surface area contributed by atoms with E-state index >= 15 is 0 Å². The van der Waals surface area contributed by atoms with Gasteiger partial charge in [-0.2, -0.15) is 0 Å². The van der Waals surface area contributed by atoms with Gasteiger partial charge in [0.2, 0.25) is 0 Å². The number of thiazole rings is 1. The van der Waals surface area contributed by atoms with Crippen LogP contribution < -0.4 is 4.90 Å². The molecule has 1 aromatic heterocycles. The van der Waals surface area contributed by atoms with Gasteiger partial charge < -0.3 is 14.5 Å². The number of aromatic nitrogens is 1. The number of anilines is 1. The second-order valence-corrected chi connectivity index (χ2v) is 4.76. The van der Waals surface area contributed by atoms with Crippen molar-refractivity contribution in [3.8, 4) is 0 Å². The topological polar surface area (TPSA) is 45.7 Å². The van der Waals surface area contributed by atoms with Crippen LogP contribution in [0.5, 0.6) is 0 Å². The van der Waals surface area contributed by atoms with E-state index in [4.69, 9.17) is 0 Å². The predicted octanol–water partition coefficient (Wildman–Crippen LogP) is 1.07. The fourth-order valence-corrected chi connectivity index (χ4v) is 2.71. The molecule has 0 amide bonds. The van der Waals surface area contributed by atoms with Gasteiger partial charge in [0.15, 0.2) is 10.8 Å². The Morgan fingerprint density at radius 1 is 1.47 bits per heavy atom. The second-order valence-electron chi connectivity index (χ2n) is 3.93. The maximum atomic E-state index is 11.3. The first-order valence-corrected chi connectivity index (χ1v) is 6.63. The average Bonchev–Trinajstić information content (AvgIpc) is 2.87. The maximum Gasteiger partial charge on any atom is 0.357 e. The number of carbonyl (C=O) groups is 1. The van der Waals surface area contributed by atoms with Crippen LogP contribution in [0.4, 0.5) is 5.13 Å². The summed E-state index contributed by atoms with van der Waals surface area (Å²) in [6.07, 6.45) is 0. The van der Waals surface area contributed by atoms with E-state index in [-0.39, 0.29) is 5.97 Å². The number of hydrogen-bond donors (Lipinski definition) is 0. The Morgan fingerprint density at radius 2 is 2.18 bits per heavy atom. The molecule has 1 aliphatic heterocycles. The molecule has 1 saturated heterocycles. The summed E-state index contributed by atoms with van der Waals surface area (Å²) in [7, 11) is 1.38. The van der Waals surface area contributed by atoms with Crippen molar-refractivity contribution >= 4 is 22.4 Å². The van der Waals surface area contributed by atoms with Crippen LogP contribution in [0.1, 0.15) is 17.4 Å². The lowest BCUT2D eigenvalue weighted by atomic mass is 10.3. The van der Waals surface area contributed by atoms with Gasteiger partial charge in [0.05, 0.1) is 7.11 Å². The lowest BCUT2D eigenvalue weighted by molar-refractivity contribution is 0.0595. The smallest absolute Gasteiger partial charge is 0.357 e. The molecule has 0 radical (unpaired) electrons. The number of hydrogen-bond acceptors (Lipinski definition) is 6. The van der Waals surface area contributed by atoms with Gasteiger partial charge in [-0.15, -0.1) is 11.3 Å². The molecule has 2 heterocycles. The Kier molecular flexibility index (Phi) is 3.96. The van der Waals surface area contributed by atoms with Gasteiger partial charge in [-0.05, 0) is 6.54 Å². The minimum absolute atomic E-state index is 0.361. The summed E-state index contributed by atoms with van der Waals surface area (Å²) >= 11 is 1.50. The van der Waals surface area contributed by atoms with E-state index in [1.165, 1.54) is 18.4 Å². The Bertz CT molecular complexity index is 386. The van der Waals surface area contributed by atoms with Crippen molar-refractivity contribution in [3.05, 3.63) is 11.1 Å². The molecule has 0 aromatic carbocycles. The lowest BCUT2D eigenvalue weighted by Gasteiger charge is -2.33. The number of ether oxygens (including phenoxy) is 1. The van der Waals surface area contributed by atoms with E-state index in [1.54, 1.807) is 5.38 Å². The summed E-state index contributed by atoms with van der Waals surface area (Å²) in [4.78, 5) is 20.2. The molecule has 1 fully saturated rings. The fraction of sp³-hybridized carbons (Fsp3) is 0.636. The molecule has 0 N–H and O–H groups in total. The first-order valence-electron chi connectivity index (χ1n) is 5.75. The monoisotopic (exact) mass is 255 g/mol. The molecule has 0 bridgehead atoms. The third-order valence-corrected chi connectivity index (χ3v) is 3.88. The largest absolute Gasteiger partial charge is 0.464 e. The summed E-state index contributed by atoms with van der Waals surface area (Å²) in [5.41, 5.74) is 0.408. The standard InChI is InChI=1S/C11H17N3O2S/c1-3-13-4-6-14(7-5-13)11-12-9(8-17-11)10(15)16-2/h8H,3-7H2,1-2H3. The molecule has 0 atom stereocenters. The molecule has 2 rings (SSSR count). The summed E-state index contributed by atoms with van der Waals surface area (Å²) in [5.74, 6) is -0.361. The van der Waals surface area contributed by atoms with Crippen molar-refractivity contribution in [3.63, 3.8) is 0 Å². The first kappa shape index (κ1) is 12.3. The van der Waals surface area contributed by atoms with Gasteiger partial charge in [-0.25, -0.2) is 9.78 Å². The van der Waals surface area contributed by atoms with Crippen LogP contribution in [0.3, 0.4) is 0 Å². The van der Waals surface area contributed by atoms with Crippen molar-refractivity contribution in [1.82, 2.24) is 9.88 Å². The van der Waals surface area contributed by atoms with Crippen LogP contribution in [-0.2, 0) is 4.74 Å². The minimum Gasteiger partial charge on any atom is -0.464 e. The molecule has 6 heteroatoms. The van der Waals surface area contributed by atoms with Gasteiger partial charge in [-0.1, -0.05) is 6.92 Å². The first-order chi connectivity index (χ1) is 8.24. The number of esters is 1. The maximum absolute atomic E-state index is 11.3. The van der Waals surface area contributed by atoms with Crippen molar-refractivity contribution in [2.45, 2.75) is 6.92 Å². The predicted molar refractivity (Wildman–Crippen MR) is 67.8 cm³/mol. The minimum atomic E-state index is -0.361. The molecule has 0 saturated carbocycles. The molecule has 17 heavy (non-hydrogen) atoms. The van der Waals surface area contributed by atoms with E-state index in [0.29, 0.717) is 5.69 Å². The van der Waals surface area contributed by atoms with Crippen molar-refractivity contribution in [2.24, 2.45) is 0 Å². The Morgan fingerprint density at radius 3 is 2.76 bits per heavy atom. The highest BCUT2D eigenvalue weighted by Gasteiger charge is 2.19. The molecule has 1 aromatic rings. The SMILES string of the molecule is CCN1CCN(c2nc(C(=O)OC)cs2)CC1. The normalized spacial score (nSPS) is 17.2. The highest BCUT2D eigenvalue weighted by molar-refractivity contribution is 7.13. The van der Waals surface area contributed by atoms with Crippen LogP contribution in [0, 0.1) is 0 Å². The number of methoxy groups -OCH3 is 1. The summed E-state index contributed by atoms with van der Waals surface area (Å²) < 4.78 is 4.65. The molecule has 0 spiro atoms. The van der Waals surface area contributed by atoms with Gasteiger partial charge in [0, 0.05) is 31.6 Å². The third kappa shape index (κ3) is 2.76. The number of rotatable bonds is 3. The van der Waals surface area contributed by atoms with E-state index in [1.807, 2.05) is 0 Å². The Balaban J connectivity index is 1.99. The highest BCUT2D eigenvalue weighted by atomic mass is 32.1. The van der Waals surface area contributed by atoms with Crippen LogP contribution in [0.25, 0.3) is 0 Å². The van der Waals surface area contributed by atoms with Gasteiger partial charge in [0.1, 0.15) is 0 Å². The van der Waals surface area contributed by atoms with Crippen molar-refractivity contribution in [2.75, 3.05) is 44.7 Å². The average molecular weight is 255 g/mol. The molecule has 94 valence electrons. The van der Waals surface area contributed by atoms with Crippen LogP contribution in [0.2, 0.25) is 0 Å². The molecule has 5 nitrogen and oxygen atoms in total. The second kappa shape index (κ2) is 5.46. The van der Waals surface area contributed by atoms with Crippen LogP contribution in [0.15, 0.2) is 5.38 Å². The van der Waals surface area contributed by atoms with E-state index in [2.05, 4.69) is 26.4 Å². The third-order valence-electron chi connectivity index (χ3n) is 2.98. The van der Waals surface area contributed by atoms with E-state index in [9.17, 15) is 4.79 Å². The van der Waals surface area contributed by atoms with Crippen LogP contribution >= 0.6 is 11.3 Å². The van der Waals surface area contributed by atoms with Crippen molar-refractivity contribution in [1.29, 1.82) is 0 Å². The lowest BCUT2D eigenvalue weighted by Crippen LogP contribution is -2.46. The van der Waals surface area contributed by atoms with Crippen molar-refractivity contribution < 1.29 is 9.53 Å². The number of piperazine rings is 1. The Hall–Kier alpha value is -1.14. The summed E-state index contributed by atoms with van der Waals surface area (Å²) in [6.45, 7) is 7.34. The van der Waals surface area contributed by atoms with Gasteiger partial charge in [-0.3, -0.25) is 0 Å². The summed E-state index contributed by atoms with van der Waals surface area (Å²) in [5, 5.41) is 2.68. The number of likely N-dealkylation sites (N-methyl/N-ethyl adjacent to an activating group) is 1. The number of nitrogens with zero attached hydrogens (tertiary/aromatic N) is 3. The zero-order valence-electron chi connectivity index (χ0n) is 10.2. The molecular formula is C11H17N3O2S. The van der Waals surface area contributed by atoms with Gasteiger partial charge in [0.25, 0.3) is 0 Å². The molecule has 1 aliphatic rings. The van der Waals surface area contributed by atoms with Crippen LogP contribution in [-0.4, -0.2) is 55.7 Å². The Labute approximate surface area is 105 Å². The molecule has 0 aliphatic carbocycles. The molecule has 0 unspecified atom stereocenters. The highest BCUT2D eigenvalue weighted by Crippen LogP contribution is 2.22. The summed E-state index contributed by atoms with van der Waals surface area (Å²) in [6, 6.07) is 0. The van der Waals surface area contributed by atoms with Gasteiger partial charge >= 0.3 is 5.97 Å². The number of carbonyl (C=O) groups excluding carboxylic acids is 1. The van der Waals surface area contributed by atoms with E-state index in [0.717, 1.165) is 37.9 Å². The van der Waals surface area contributed by atoms with E-state index < -0.39 is 0 Å². The molecular weight excluding hydrogens is 238 g/mol. The zero-order valence-corrected chi connectivity index (χ0v) is 11.0.